The van der Waals surface area contributed by atoms with Crippen LogP contribution in [0.3, 0.4) is 0 Å². The van der Waals surface area contributed by atoms with Crippen LogP contribution in [0, 0.1) is 0 Å². The summed E-state index contributed by atoms with van der Waals surface area (Å²) in [7, 11) is 0. The lowest BCUT2D eigenvalue weighted by Crippen LogP contribution is -2.55. The van der Waals surface area contributed by atoms with E-state index in [1.807, 2.05) is 12.3 Å². The number of fused-ring (bicyclic) bond motifs is 1. The Morgan fingerprint density at radius 1 is 1.28 bits per heavy atom. The number of hydrogen-bond donors (Lipinski definition) is 2. The van der Waals surface area contributed by atoms with Gasteiger partial charge in [0.25, 0.3) is 17.4 Å². The summed E-state index contributed by atoms with van der Waals surface area (Å²) >= 11 is 7.65. The van der Waals surface area contributed by atoms with Crippen molar-refractivity contribution in [2.24, 2.45) is 0 Å². The first kappa shape index (κ1) is 21.0. The predicted octanol–water partition coefficient (Wildman–Crippen LogP) is 3.97. The van der Waals surface area contributed by atoms with Crippen LogP contribution in [0.2, 0.25) is 5.02 Å². The number of carbonyl (C=O) groups excluding carboxylic acids is 3. The minimum absolute atomic E-state index is 0.115. The van der Waals surface area contributed by atoms with Gasteiger partial charge in [-0.3, -0.25) is 9.59 Å². The van der Waals surface area contributed by atoms with Crippen LogP contribution in [-0.2, 0) is 14.3 Å². The molecule has 152 valence electrons. The lowest BCUT2D eigenvalue weighted by atomic mass is 10.0. The summed E-state index contributed by atoms with van der Waals surface area (Å²) in [6.07, 6.45) is 1.90. The van der Waals surface area contributed by atoms with E-state index in [0.717, 1.165) is 4.90 Å². The molecule has 0 radical (unpaired) electrons. The molecule has 1 aliphatic rings. The molecule has 2 amide bonds. The minimum atomic E-state index is -1.82. The summed E-state index contributed by atoms with van der Waals surface area (Å²) in [5.74, 6) is -1.57. The number of esters is 1. The molecule has 29 heavy (non-hydrogen) atoms. The number of thioether (sulfide) groups is 1. The maximum Gasteiger partial charge on any atom is 0.360 e. The third-order valence-electron chi connectivity index (χ3n) is 4.32. The lowest BCUT2D eigenvalue weighted by Gasteiger charge is -2.32. The van der Waals surface area contributed by atoms with Gasteiger partial charge in [0, 0.05) is 16.6 Å². The molecule has 0 unspecified atom stereocenters. The van der Waals surface area contributed by atoms with Crippen molar-refractivity contribution in [1.29, 1.82) is 0 Å². The Kier molecular flexibility index (Phi) is 6.04. The normalized spacial score (nSPS) is 17.6. The van der Waals surface area contributed by atoms with E-state index in [9.17, 15) is 14.4 Å². The molecule has 9 heteroatoms. The average molecular weight is 435 g/mol. The van der Waals surface area contributed by atoms with E-state index in [1.165, 1.54) is 24.8 Å². The van der Waals surface area contributed by atoms with Gasteiger partial charge in [0.2, 0.25) is 0 Å². The van der Waals surface area contributed by atoms with Gasteiger partial charge in [0.05, 0.1) is 22.9 Å². The van der Waals surface area contributed by atoms with Gasteiger partial charge in [-0.05, 0) is 50.4 Å². The quantitative estimate of drug-likeness (QED) is 0.420. The van der Waals surface area contributed by atoms with Crippen molar-refractivity contribution in [3.05, 3.63) is 47.0 Å². The highest BCUT2D eigenvalue weighted by Gasteiger charge is 2.48. The Morgan fingerprint density at radius 2 is 2.03 bits per heavy atom. The number of carbonyl (C=O) groups is 3. The molecule has 0 aromatic heterocycles. The van der Waals surface area contributed by atoms with E-state index >= 15 is 0 Å². The van der Waals surface area contributed by atoms with Crippen molar-refractivity contribution in [2.45, 2.75) is 24.3 Å². The fourth-order valence-corrected chi connectivity index (χ4v) is 3.35. The number of halogens is 1. The largest absolute Gasteiger partial charge is 0.464 e. The zero-order chi connectivity index (χ0) is 21.2. The smallest absolute Gasteiger partial charge is 0.360 e. The first-order valence-corrected chi connectivity index (χ1v) is 10.4. The van der Waals surface area contributed by atoms with Gasteiger partial charge >= 0.3 is 5.97 Å². The van der Waals surface area contributed by atoms with E-state index in [0.29, 0.717) is 22.0 Å². The molecule has 0 saturated carbocycles. The Bertz CT molecular complexity index is 997. The van der Waals surface area contributed by atoms with Gasteiger partial charge in [0.15, 0.2) is 0 Å². The van der Waals surface area contributed by atoms with Gasteiger partial charge < -0.3 is 20.1 Å². The second-order valence-corrected chi connectivity index (χ2v) is 7.61. The summed E-state index contributed by atoms with van der Waals surface area (Å²) in [6, 6.07) is 9.91. The average Bonchev–Trinajstić information content (AvgIpc) is 2.69. The maximum atomic E-state index is 12.7. The van der Waals surface area contributed by atoms with Crippen LogP contribution in [0.1, 0.15) is 24.2 Å². The zero-order valence-corrected chi connectivity index (χ0v) is 17.6. The van der Waals surface area contributed by atoms with Gasteiger partial charge in [-0.15, -0.1) is 11.8 Å². The van der Waals surface area contributed by atoms with Crippen LogP contribution >= 0.6 is 23.4 Å². The Labute approximate surface area is 177 Å². The summed E-state index contributed by atoms with van der Waals surface area (Å²) in [4.78, 5) is 38.1. The first-order chi connectivity index (χ1) is 13.8. The molecule has 2 aromatic carbocycles. The number of hydrogen-bond acceptors (Lipinski definition) is 6. The number of rotatable bonds is 5. The van der Waals surface area contributed by atoms with Gasteiger partial charge in [-0.1, -0.05) is 11.6 Å². The second kappa shape index (κ2) is 8.34. The predicted molar refractivity (Wildman–Crippen MR) is 112 cm³/mol. The number of benzene rings is 2. The Hall–Kier alpha value is -2.71. The standard InChI is InChI=1S/C20H19ClN2O5S/c1-4-27-19(26)20(2)18(25)23-15-8-5-11(9-16(15)28-20)22-17(24)13-10-12(29-3)6-7-14(13)21/h5-10H,4H2,1-3H3,(H,22,24)(H,23,25)/t20-/m1/s1. The fourth-order valence-electron chi connectivity index (χ4n) is 2.70. The van der Waals surface area contributed by atoms with E-state index in [2.05, 4.69) is 10.6 Å². The molecule has 2 N–H and O–H groups in total. The molecule has 3 rings (SSSR count). The molecule has 1 aliphatic heterocycles. The molecule has 0 fully saturated rings. The van der Waals surface area contributed by atoms with Crippen molar-refractivity contribution in [3.8, 4) is 5.75 Å². The number of amides is 2. The first-order valence-electron chi connectivity index (χ1n) is 8.75. The second-order valence-electron chi connectivity index (χ2n) is 6.32. The summed E-state index contributed by atoms with van der Waals surface area (Å²) in [5.41, 5.74) is -0.678. The molecule has 1 heterocycles. The molecular weight excluding hydrogens is 416 g/mol. The van der Waals surface area contributed by atoms with Crippen molar-refractivity contribution in [2.75, 3.05) is 23.5 Å². The van der Waals surface area contributed by atoms with Crippen molar-refractivity contribution < 1.29 is 23.9 Å². The third-order valence-corrected chi connectivity index (χ3v) is 5.37. The number of ether oxygens (including phenoxy) is 2. The molecule has 0 bridgehead atoms. The van der Waals surface area contributed by atoms with E-state index < -0.39 is 17.5 Å². The van der Waals surface area contributed by atoms with Crippen molar-refractivity contribution in [3.63, 3.8) is 0 Å². The van der Waals surface area contributed by atoms with Crippen molar-refractivity contribution >= 4 is 52.5 Å². The van der Waals surface area contributed by atoms with E-state index in [-0.39, 0.29) is 18.3 Å². The molecule has 7 nitrogen and oxygen atoms in total. The van der Waals surface area contributed by atoms with E-state index in [4.69, 9.17) is 21.1 Å². The maximum absolute atomic E-state index is 12.7. The molecule has 0 saturated heterocycles. The van der Waals surface area contributed by atoms with Crippen LogP contribution in [0.25, 0.3) is 0 Å². The summed E-state index contributed by atoms with van der Waals surface area (Å²) in [5, 5.41) is 5.71. The Balaban J connectivity index is 1.85. The monoisotopic (exact) mass is 434 g/mol. The number of anilines is 2. The molecular formula is C20H19ClN2O5S. The van der Waals surface area contributed by atoms with Crippen LogP contribution < -0.4 is 15.4 Å². The molecule has 2 aromatic rings. The van der Waals surface area contributed by atoms with Crippen LogP contribution in [0.5, 0.6) is 5.75 Å². The molecule has 1 atom stereocenters. The van der Waals surface area contributed by atoms with E-state index in [1.54, 1.807) is 31.2 Å². The van der Waals surface area contributed by atoms with Crippen LogP contribution in [0.4, 0.5) is 11.4 Å². The molecule has 0 aliphatic carbocycles. The van der Waals surface area contributed by atoms with Gasteiger partial charge in [0.1, 0.15) is 5.75 Å². The highest BCUT2D eigenvalue weighted by atomic mass is 35.5. The zero-order valence-electron chi connectivity index (χ0n) is 16.0. The SMILES string of the molecule is CCOC(=O)[C@]1(C)Oc2cc(NC(=O)c3cc(SC)ccc3Cl)ccc2NC1=O. The fraction of sp³-hybridized carbons (Fsp3) is 0.250. The van der Waals surface area contributed by atoms with Crippen LogP contribution in [0.15, 0.2) is 41.3 Å². The summed E-state index contributed by atoms with van der Waals surface area (Å²) in [6.45, 7) is 3.09. The van der Waals surface area contributed by atoms with Crippen molar-refractivity contribution in [1.82, 2.24) is 0 Å². The van der Waals surface area contributed by atoms with Crippen LogP contribution in [-0.4, -0.2) is 36.2 Å². The highest BCUT2D eigenvalue weighted by molar-refractivity contribution is 7.98. The lowest BCUT2D eigenvalue weighted by molar-refractivity contribution is -0.165. The summed E-state index contributed by atoms with van der Waals surface area (Å²) < 4.78 is 10.6. The van der Waals surface area contributed by atoms with Gasteiger partial charge in [-0.25, -0.2) is 4.79 Å². The highest BCUT2D eigenvalue weighted by Crippen LogP contribution is 2.36. The minimum Gasteiger partial charge on any atom is -0.464 e. The Morgan fingerprint density at radius 3 is 2.72 bits per heavy atom. The molecule has 0 spiro atoms. The topological polar surface area (TPSA) is 93.7 Å². The number of nitrogens with one attached hydrogen (secondary N) is 2. The van der Waals surface area contributed by atoms with Gasteiger partial charge in [-0.2, -0.15) is 0 Å². The third kappa shape index (κ3) is 4.18.